The van der Waals surface area contributed by atoms with Crippen molar-refractivity contribution in [1.82, 2.24) is 4.90 Å². The van der Waals surface area contributed by atoms with E-state index in [0.717, 1.165) is 26.1 Å². The highest BCUT2D eigenvalue weighted by Crippen LogP contribution is 2.14. The predicted octanol–water partition coefficient (Wildman–Crippen LogP) is 1.03. The third kappa shape index (κ3) is 4.56. The quantitative estimate of drug-likeness (QED) is 0.816. The smallest absolute Gasteiger partial charge is 0.0820 e. The molecule has 0 bridgehead atoms. The number of ether oxygens (including phenoxy) is 1. The van der Waals surface area contributed by atoms with E-state index in [9.17, 15) is 5.11 Å². The van der Waals surface area contributed by atoms with Gasteiger partial charge in [0.1, 0.15) is 0 Å². The summed E-state index contributed by atoms with van der Waals surface area (Å²) in [6.07, 6.45) is 2.29. The lowest BCUT2D eigenvalue weighted by Gasteiger charge is -2.33. The lowest BCUT2D eigenvalue weighted by Crippen LogP contribution is -2.47. The van der Waals surface area contributed by atoms with Crippen molar-refractivity contribution >= 4 is 0 Å². The number of likely N-dealkylation sites (N-methyl/N-ethyl adjacent to an activating group) is 1. The summed E-state index contributed by atoms with van der Waals surface area (Å²) in [7, 11) is 2.06. The first-order valence-electron chi connectivity index (χ1n) is 7.42. The molecule has 2 atom stereocenters. The number of benzene rings is 1. The number of nitrogens with zero attached hydrogens (tertiary/aromatic N) is 1. The molecule has 0 aromatic heterocycles. The van der Waals surface area contributed by atoms with Gasteiger partial charge in [-0.15, -0.1) is 0 Å². The molecule has 0 saturated carbocycles. The predicted molar refractivity (Wildman–Crippen MR) is 80.6 cm³/mol. The molecule has 2 unspecified atom stereocenters. The molecule has 1 fully saturated rings. The van der Waals surface area contributed by atoms with Gasteiger partial charge in [0.15, 0.2) is 0 Å². The highest BCUT2D eigenvalue weighted by Gasteiger charge is 2.23. The van der Waals surface area contributed by atoms with Crippen LogP contribution >= 0.6 is 0 Å². The molecule has 1 aliphatic heterocycles. The van der Waals surface area contributed by atoms with Crippen molar-refractivity contribution in [2.75, 3.05) is 26.8 Å². The van der Waals surface area contributed by atoms with Crippen molar-refractivity contribution in [2.24, 2.45) is 5.73 Å². The first-order valence-corrected chi connectivity index (χ1v) is 7.42. The summed E-state index contributed by atoms with van der Waals surface area (Å²) < 4.78 is 5.37. The second-order valence-corrected chi connectivity index (χ2v) is 5.70. The van der Waals surface area contributed by atoms with E-state index in [1.54, 1.807) is 0 Å². The van der Waals surface area contributed by atoms with Crippen LogP contribution in [-0.4, -0.2) is 55.0 Å². The summed E-state index contributed by atoms with van der Waals surface area (Å²) in [6.45, 7) is 2.26. The Morgan fingerprint density at radius 3 is 2.60 bits per heavy atom. The topological polar surface area (TPSA) is 58.7 Å². The molecule has 0 amide bonds. The van der Waals surface area contributed by atoms with E-state index in [2.05, 4.69) is 24.1 Å². The van der Waals surface area contributed by atoms with Crippen LogP contribution in [0.2, 0.25) is 0 Å². The second kappa shape index (κ2) is 7.74. The SMILES string of the molecule is CN(CC(O)C(N)Cc1ccccc1)C1CCOCC1. The molecule has 1 aromatic rings. The van der Waals surface area contributed by atoms with Crippen molar-refractivity contribution < 1.29 is 9.84 Å². The maximum Gasteiger partial charge on any atom is 0.0820 e. The monoisotopic (exact) mass is 278 g/mol. The fourth-order valence-electron chi connectivity index (χ4n) is 2.73. The highest BCUT2D eigenvalue weighted by molar-refractivity contribution is 5.16. The van der Waals surface area contributed by atoms with Gasteiger partial charge in [0.2, 0.25) is 0 Å². The van der Waals surface area contributed by atoms with Gasteiger partial charge in [0.05, 0.1) is 6.10 Å². The third-order valence-corrected chi connectivity index (χ3v) is 4.10. The van der Waals surface area contributed by atoms with E-state index in [4.69, 9.17) is 10.5 Å². The Hall–Kier alpha value is -0.940. The Labute approximate surface area is 121 Å². The van der Waals surface area contributed by atoms with Crippen molar-refractivity contribution in [3.05, 3.63) is 35.9 Å². The van der Waals surface area contributed by atoms with Crippen molar-refractivity contribution in [3.63, 3.8) is 0 Å². The van der Waals surface area contributed by atoms with Gasteiger partial charge < -0.3 is 20.5 Å². The first kappa shape index (κ1) is 15.4. The number of hydrogen-bond donors (Lipinski definition) is 2. The molecule has 112 valence electrons. The fraction of sp³-hybridized carbons (Fsp3) is 0.625. The summed E-state index contributed by atoms with van der Waals surface area (Å²) in [5, 5.41) is 10.3. The largest absolute Gasteiger partial charge is 0.390 e. The molecule has 0 aliphatic carbocycles. The molecule has 1 heterocycles. The van der Waals surface area contributed by atoms with Crippen LogP contribution < -0.4 is 5.73 Å². The summed E-state index contributed by atoms with van der Waals surface area (Å²) >= 11 is 0. The van der Waals surface area contributed by atoms with Crippen LogP contribution in [0.25, 0.3) is 0 Å². The normalized spacial score (nSPS) is 20.0. The molecule has 3 N–H and O–H groups in total. The van der Waals surface area contributed by atoms with Crippen molar-refractivity contribution in [1.29, 1.82) is 0 Å². The van der Waals surface area contributed by atoms with Crippen molar-refractivity contribution in [2.45, 2.75) is 37.5 Å². The maximum absolute atomic E-state index is 10.3. The average molecular weight is 278 g/mol. The number of rotatable bonds is 6. The zero-order chi connectivity index (χ0) is 14.4. The van der Waals surface area contributed by atoms with Crippen LogP contribution in [0.3, 0.4) is 0 Å². The second-order valence-electron chi connectivity index (χ2n) is 5.70. The van der Waals surface area contributed by atoms with Crippen LogP contribution in [0, 0.1) is 0 Å². The molecule has 4 nitrogen and oxygen atoms in total. The summed E-state index contributed by atoms with van der Waals surface area (Å²) in [4.78, 5) is 2.22. The van der Waals surface area contributed by atoms with E-state index in [0.29, 0.717) is 19.0 Å². The number of hydrogen-bond acceptors (Lipinski definition) is 4. The zero-order valence-corrected chi connectivity index (χ0v) is 12.2. The zero-order valence-electron chi connectivity index (χ0n) is 12.2. The Morgan fingerprint density at radius 1 is 1.30 bits per heavy atom. The van der Waals surface area contributed by atoms with E-state index in [1.165, 1.54) is 5.56 Å². The van der Waals surface area contributed by atoms with Gasteiger partial charge in [-0.05, 0) is 31.9 Å². The van der Waals surface area contributed by atoms with Gasteiger partial charge in [0.25, 0.3) is 0 Å². The molecular formula is C16H26N2O2. The van der Waals surface area contributed by atoms with E-state index >= 15 is 0 Å². The Morgan fingerprint density at radius 2 is 1.95 bits per heavy atom. The van der Waals surface area contributed by atoms with Gasteiger partial charge in [0, 0.05) is 31.8 Å². The minimum absolute atomic E-state index is 0.223. The molecule has 1 saturated heterocycles. The lowest BCUT2D eigenvalue weighted by molar-refractivity contribution is 0.0210. The maximum atomic E-state index is 10.3. The summed E-state index contributed by atoms with van der Waals surface area (Å²) in [5.41, 5.74) is 7.30. The third-order valence-electron chi connectivity index (χ3n) is 4.10. The van der Waals surface area contributed by atoms with E-state index in [-0.39, 0.29) is 6.04 Å². The van der Waals surface area contributed by atoms with Gasteiger partial charge in [-0.2, -0.15) is 0 Å². The first-order chi connectivity index (χ1) is 9.66. The summed E-state index contributed by atoms with van der Waals surface area (Å²) in [6, 6.07) is 10.4. The van der Waals surface area contributed by atoms with E-state index < -0.39 is 6.10 Å². The Balaban J connectivity index is 1.79. The van der Waals surface area contributed by atoms with E-state index in [1.807, 2.05) is 18.2 Å². The molecule has 1 aliphatic rings. The van der Waals surface area contributed by atoms with Gasteiger partial charge >= 0.3 is 0 Å². The fourth-order valence-corrected chi connectivity index (χ4v) is 2.73. The minimum Gasteiger partial charge on any atom is -0.390 e. The highest BCUT2D eigenvalue weighted by atomic mass is 16.5. The molecule has 1 aromatic carbocycles. The van der Waals surface area contributed by atoms with Crippen molar-refractivity contribution in [3.8, 4) is 0 Å². The molecule has 4 heteroatoms. The lowest BCUT2D eigenvalue weighted by atomic mass is 10.0. The molecule has 2 rings (SSSR count). The van der Waals surface area contributed by atoms with Gasteiger partial charge in [-0.1, -0.05) is 30.3 Å². The number of aliphatic hydroxyl groups is 1. The Bertz CT molecular complexity index is 379. The van der Waals surface area contributed by atoms with Crippen LogP contribution in [0.4, 0.5) is 0 Å². The van der Waals surface area contributed by atoms with Crippen LogP contribution in [0.1, 0.15) is 18.4 Å². The van der Waals surface area contributed by atoms with Crippen LogP contribution in [0.15, 0.2) is 30.3 Å². The standard InChI is InChI=1S/C16H26N2O2/c1-18(14-7-9-20-10-8-14)12-16(19)15(17)11-13-5-3-2-4-6-13/h2-6,14-16,19H,7-12,17H2,1H3. The summed E-state index contributed by atoms with van der Waals surface area (Å²) in [5.74, 6) is 0. The van der Waals surface area contributed by atoms with Crippen LogP contribution in [0.5, 0.6) is 0 Å². The molecule has 0 spiro atoms. The van der Waals surface area contributed by atoms with Gasteiger partial charge in [-0.25, -0.2) is 0 Å². The average Bonchev–Trinajstić information content (AvgIpc) is 2.49. The van der Waals surface area contributed by atoms with Crippen LogP contribution in [-0.2, 0) is 11.2 Å². The van der Waals surface area contributed by atoms with Gasteiger partial charge in [-0.3, -0.25) is 0 Å². The minimum atomic E-state index is -0.497. The number of aliphatic hydroxyl groups excluding tert-OH is 1. The molecular weight excluding hydrogens is 252 g/mol. The molecule has 20 heavy (non-hydrogen) atoms. The number of nitrogens with two attached hydrogens (primary N) is 1. The molecule has 0 radical (unpaired) electrons. The Kier molecular flexibility index (Phi) is 5.98.